The first-order valence-electron chi connectivity index (χ1n) is 9.63. The van der Waals surface area contributed by atoms with E-state index >= 15 is 0 Å². The van der Waals surface area contributed by atoms with Gasteiger partial charge >= 0.3 is 0 Å². The Balaban J connectivity index is 1.51. The van der Waals surface area contributed by atoms with Crippen LogP contribution in [0.4, 0.5) is 0 Å². The molecule has 6 rings (SSSR count). The van der Waals surface area contributed by atoms with Gasteiger partial charge in [-0.3, -0.25) is 5.10 Å². The second-order valence-corrected chi connectivity index (χ2v) is 9.15. The molecule has 0 amide bonds. The normalized spacial score (nSPS) is 45.9. The quantitative estimate of drug-likeness (QED) is 0.777. The molecule has 0 saturated heterocycles. The Morgan fingerprint density at radius 2 is 1.96 bits per heavy atom. The lowest BCUT2D eigenvalue weighted by molar-refractivity contribution is -0.101. The molecular weight excluding hydrogens is 298 g/mol. The van der Waals surface area contributed by atoms with Crippen molar-refractivity contribution >= 4 is 11.0 Å². The van der Waals surface area contributed by atoms with Crippen LogP contribution in [0.2, 0.25) is 0 Å². The average molecular weight is 323 g/mol. The highest BCUT2D eigenvalue weighted by atomic mass is 16.3. The summed E-state index contributed by atoms with van der Waals surface area (Å²) in [5.41, 5.74) is 5.28. The predicted molar refractivity (Wildman–Crippen MR) is 91.6 cm³/mol. The van der Waals surface area contributed by atoms with Crippen molar-refractivity contribution in [3.05, 3.63) is 23.3 Å². The molecule has 4 aliphatic rings. The number of nitrogens with zero attached hydrogens (tertiary/aromatic N) is 2. The first-order chi connectivity index (χ1) is 11.6. The molecule has 2 aromatic rings. The van der Waals surface area contributed by atoms with Gasteiger partial charge in [0.15, 0.2) is 0 Å². The minimum Gasteiger partial charge on any atom is -0.389 e. The van der Waals surface area contributed by atoms with E-state index in [1.807, 2.05) is 0 Å². The molecule has 0 spiro atoms. The molecule has 0 unspecified atom stereocenters. The molecule has 3 saturated carbocycles. The van der Waals surface area contributed by atoms with Crippen molar-refractivity contribution in [1.82, 2.24) is 15.4 Å². The number of hydrogen-bond acceptors (Lipinski definition) is 3. The zero-order valence-electron chi connectivity index (χ0n) is 14.3. The Morgan fingerprint density at radius 3 is 2.79 bits per heavy atom. The van der Waals surface area contributed by atoms with E-state index in [9.17, 15) is 5.11 Å². The van der Waals surface area contributed by atoms with E-state index < -0.39 is 0 Å². The van der Waals surface area contributed by atoms with E-state index in [-0.39, 0.29) is 11.0 Å². The summed E-state index contributed by atoms with van der Waals surface area (Å²) in [7, 11) is 0. The Labute approximate surface area is 142 Å². The average Bonchev–Trinajstić information content (AvgIpc) is 3.22. The molecule has 1 heterocycles. The van der Waals surface area contributed by atoms with E-state index in [1.54, 1.807) is 0 Å². The van der Waals surface area contributed by atoms with Crippen molar-refractivity contribution in [3.8, 4) is 0 Å². The summed E-state index contributed by atoms with van der Waals surface area (Å²) in [5.74, 6) is 1.40. The molecule has 2 N–H and O–H groups in total. The Hall–Kier alpha value is -1.42. The maximum atomic E-state index is 11.3. The Morgan fingerprint density at radius 1 is 1.12 bits per heavy atom. The largest absolute Gasteiger partial charge is 0.389 e. The molecule has 24 heavy (non-hydrogen) atoms. The number of aromatic nitrogens is 3. The molecule has 3 atom stereocenters. The van der Waals surface area contributed by atoms with E-state index in [1.165, 1.54) is 43.2 Å². The van der Waals surface area contributed by atoms with Gasteiger partial charge in [0, 0.05) is 5.41 Å². The maximum Gasteiger partial charge on any atom is 0.116 e. The van der Waals surface area contributed by atoms with Gasteiger partial charge in [0.1, 0.15) is 5.52 Å². The van der Waals surface area contributed by atoms with Crippen molar-refractivity contribution in [3.63, 3.8) is 0 Å². The van der Waals surface area contributed by atoms with Crippen molar-refractivity contribution in [2.45, 2.75) is 69.8 Å². The molecule has 2 bridgehead atoms. The van der Waals surface area contributed by atoms with Gasteiger partial charge in [0.25, 0.3) is 0 Å². The number of fused-ring (bicyclic) bond motifs is 5. The summed E-state index contributed by atoms with van der Waals surface area (Å²) in [6.07, 6.45) is 9.32. The van der Waals surface area contributed by atoms with Crippen molar-refractivity contribution in [1.29, 1.82) is 0 Å². The zero-order valence-corrected chi connectivity index (χ0v) is 14.3. The van der Waals surface area contributed by atoms with Crippen LogP contribution in [0.25, 0.3) is 11.0 Å². The first-order valence-corrected chi connectivity index (χ1v) is 9.63. The summed E-state index contributed by atoms with van der Waals surface area (Å²) >= 11 is 0. The molecule has 3 fully saturated rings. The fraction of sp³-hybridized carbons (Fsp3) is 0.700. The highest BCUT2D eigenvalue weighted by Crippen LogP contribution is 2.77. The summed E-state index contributed by atoms with van der Waals surface area (Å²) < 4.78 is 0. The number of aliphatic hydroxyl groups is 1. The number of benzene rings is 1. The van der Waals surface area contributed by atoms with Crippen LogP contribution in [-0.2, 0) is 6.42 Å². The van der Waals surface area contributed by atoms with Crippen molar-refractivity contribution in [2.24, 2.45) is 16.7 Å². The summed E-state index contributed by atoms with van der Waals surface area (Å²) in [5, 5.41) is 22.7. The van der Waals surface area contributed by atoms with Crippen LogP contribution in [0.15, 0.2) is 12.1 Å². The molecule has 4 aliphatic carbocycles. The smallest absolute Gasteiger partial charge is 0.116 e. The second kappa shape index (κ2) is 4.04. The summed E-state index contributed by atoms with van der Waals surface area (Å²) in [6.45, 7) is 2.42. The number of hydrogen-bond donors (Lipinski definition) is 2. The molecule has 0 aliphatic heterocycles. The molecular formula is C20H25N3O. The number of aryl methyl sites for hydroxylation is 1. The lowest BCUT2D eigenvalue weighted by Crippen LogP contribution is -2.51. The van der Waals surface area contributed by atoms with Crippen molar-refractivity contribution in [2.75, 3.05) is 0 Å². The van der Waals surface area contributed by atoms with Crippen LogP contribution >= 0.6 is 0 Å². The first kappa shape index (κ1) is 13.8. The van der Waals surface area contributed by atoms with Crippen LogP contribution in [0, 0.1) is 16.7 Å². The standard InChI is InChI=1S/C20H25N3O/c1-18-7-6-13-12-3-5-16-17(22-23-21-16)14(12)2-4-15(13)19(18)8-10-20(18,24)11-9-19/h3,5,13,15,24H,2,4,6-11H2,1H3,(H,21,22,23)/t13-,15-,18+,19?,20?/m1/s1. The molecule has 126 valence electrons. The maximum absolute atomic E-state index is 11.3. The monoisotopic (exact) mass is 323 g/mol. The van der Waals surface area contributed by atoms with Crippen LogP contribution < -0.4 is 0 Å². The third-order valence-electron chi connectivity index (χ3n) is 8.99. The highest BCUT2D eigenvalue weighted by molar-refractivity contribution is 5.79. The summed E-state index contributed by atoms with van der Waals surface area (Å²) in [4.78, 5) is 0. The predicted octanol–water partition coefficient (Wildman–Crippen LogP) is 3.71. The van der Waals surface area contributed by atoms with Gasteiger partial charge in [-0.15, -0.1) is 5.10 Å². The lowest BCUT2D eigenvalue weighted by atomic mass is 9.48. The summed E-state index contributed by atoms with van der Waals surface area (Å²) in [6, 6.07) is 4.51. The molecule has 0 radical (unpaired) electrons. The number of rotatable bonds is 0. The van der Waals surface area contributed by atoms with Gasteiger partial charge in [0.2, 0.25) is 0 Å². The SMILES string of the molecule is C[C@]12CC[C@@H]3c4ccc5[nH]nnc5c4CC[C@H]3C13CCC2(O)CC3. The van der Waals surface area contributed by atoms with E-state index in [2.05, 4.69) is 34.5 Å². The third kappa shape index (κ3) is 1.28. The van der Waals surface area contributed by atoms with Gasteiger partial charge in [-0.2, -0.15) is 0 Å². The second-order valence-electron chi connectivity index (χ2n) is 9.15. The van der Waals surface area contributed by atoms with Gasteiger partial charge in [-0.25, -0.2) is 0 Å². The van der Waals surface area contributed by atoms with Crippen molar-refractivity contribution < 1.29 is 5.11 Å². The van der Waals surface area contributed by atoms with Crippen LogP contribution in [0.3, 0.4) is 0 Å². The Kier molecular flexibility index (Phi) is 2.33. The van der Waals surface area contributed by atoms with Crippen LogP contribution in [-0.4, -0.2) is 26.1 Å². The van der Waals surface area contributed by atoms with Crippen LogP contribution in [0.1, 0.15) is 68.9 Å². The minimum atomic E-state index is -0.381. The van der Waals surface area contributed by atoms with Gasteiger partial charge in [-0.05, 0) is 85.8 Å². The minimum absolute atomic E-state index is 0.149. The fourth-order valence-corrected chi connectivity index (χ4v) is 7.71. The van der Waals surface area contributed by atoms with Gasteiger partial charge in [-0.1, -0.05) is 18.2 Å². The number of H-pyrrole nitrogens is 1. The third-order valence-corrected chi connectivity index (χ3v) is 8.99. The topological polar surface area (TPSA) is 61.8 Å². The number of nitrogens with one attached hydrogen (secondary N) is 1. The fourth-order valence-electron chi connectivity index (χ4n) is 7.71. The molecule has 4 heteroatoms. The van der Waals surface area contributed by atoms with Gasteiger partial charge in [0.05, 0.1) is 11.1 Å². The molecule has 1 aromatic carbocycles. The number of aromatic amines is 1. The van der Waals surface area contributed by atoms with E-state index in [4.69, 9.17) is 0 Å². The molecule has 1 aromatic heterocycles. The van der Waals surface area contributed by atoms with E-state index in [0.717, 1.165) is 36.2 Å². The zero-order chi connectivity index (χ0) is 16.2. The van der Waals surface area contributed by atoms with E-state index in [0.29, 0.717) is 11.3 Å². The van der Waals surface area contributed by atoms with Gasteiger partial charge < -0.3 is 5.11 Å². The lowest BCUT2D eigenvalue weighted by Gasteiger charge is -2.56. The molecule has 4 nitrogen and oxygen atoms in total. The van der Waals surface area contributed by atoms with Crippen LogP contribution in [0.5, 0.6) is 0 Å². The Bertz CT molecular complexity index is 848. The highest BCUT2D eigenvalue weighted by Gasteiger charge is 2.73.